The largest absolute Gasteiger partial charge is 0.495 e. The SMILES string of the molecule is CNc1cc(Nc2ncc(F)c(Nc3cc(C)c(OC)c(Cl)c3)n2)ccc1OC=O. The minimum Gasteiger partial charge on any atom is -0.495 e. The molecule has 0 unspecified atom stereocenters. The number of ether oxygens (including phenoxy) is 2. The number of rotatable bonds is 8. The van der Waals surface area contributed by atoms with E-state index in [2.05, 4.69) is 25.9 Å². The van der Waals surface area contributed by atoms with E-state index in [1.807, 2.05) is 6.92 Å². The van der Waals surface area contributed by atoms with Gasteiger partial charge in [-0.2, -0.15) is 4.98 Å². The van der Waals surface area contributed by atoms with Crippen molar-refractivity contribution in [2.24, 2.45) is 0 Å². The highest BCUT2D eigenvalue weighted by Crippen LogP contribution is 2.33. The second-order valence-corrected chi connectivity index (χ2v) is 6.53. The van der Waals surface area contributed by atoms with E-state index in [9.17, 15) is 9.18 Å². The normalized spacial score (nSPS) is 10.3. The molecule has 3 N–H and O–H groups in total. The molecular weight excluding hydrogens is 413 g/mol. The number of halogens is 2. The standard InChI is InChI=1S/C20H19ClFN5O3/c1-11-6-13(7-14(21)18(11)29-3)25-19-15(22)9-24-20(27-19)26-12-4-5-17(30-10-28)16(8-12)23-2/h4-10,23H,1-3H3,(H2,24,25,26,27). The summed E-state index contributed by atoms with van der Waals surface area (Å²) in [5.41, 5.74) is 2.53. The van der Waals surface area contributed by atoms with Crippen LogP contribution in [0.25, 0.3) is 0 Å². The molecule has 0 aliphatic carbocycles. The van der Waals surface area contributed by atoms with Crippen LogP contribution in [-0.4, -0.2) is 30.6 Å². The van der Waals surface area contributed by atoms with Crippen molar-refractivity contribution in [1.29, 1.82) is 0 Å². The summed E-state index contributed by atoms with van der Waals surface area (Å²) in [5, 5.41) is 9.20. The molecule has 10 heteroatoms. The Morgan fingerprint density at radius 1 is 1.17 bits per heavy atom. The predicted octanol–water partition coefficient (Wildman–Crippen LogP) is 4.65. The fourth-order valence-electron chi connectivity index (χ4n) is 2.80. The first-order valence-electron chi connectivity index (χ1n) is 8.78. The van der Waals surface area contributed by atoms with E-state index in [-0.39, 0.29) is 11.8 Å². The van der Waals surface area contributed by atoms with Gasteiger partial charge in [0.1, 0.15) is 5.75 Å². The highest BCUT2D eigenvalue weighted by atomic mass is 35.5. The molecule has 0 amide bonds. The molecule has 156 valence electrons. The number of nitrogens with zero attached hydrogens (tertiary/aromatic N) is 2. The molecule has 0 saturated heterocycles. The van der Waals surface area contributed by atoms with Gasteiger partial charge in [-0.05, 0) is 42.8 Å². The van der Waals surface area contributed by atoms with Gasteiger partial charge in [0.2, 0.25) is 5.95 Å². The summed E-state index contributed by atoms with van der Waals surface area (Å²) in [7, 11) is 3.22. The number of carbonyl (C=O) groups is 1. The lowest BCUT2D eigenvalue weighted by Crippen LogP contribution is -2.04. The average Bonchev–Trinajstić information content (AvgIpc) is 2.71. The quantitative estimate of drug-likeness (QED) is 0.443. The first kappa shape index (κ1) is 21.1. The Kier molecular flexibility index (Phi) is 6.53. The molecule has 0 bridgehead atoms. The van der Waals surface area contributed by atoms with Gasteiger partial charge < -0.3 is 25.4 Å². The summed E-state index contributed by atoms with van der Waals surface area (Å²) in [6.07, 6.45) is 1.05. The lowest BCUT2D eigenvalue weighted by molar-refractivity contribution is -0.120. The van der Waals surface area contributed by atoms with Crippen molar-refractivity contribution in [3.05, 3.63) is 52.9 Å². The predicted molar refractivity (Wildman–Crippen MR) is 114 cm³/mol. The molecular formula is C20H19ClFN5O3. The van der Waals surface area contributed by atoms with Gasteiger partial charge in [0.05, 0.1) is 24.0 Å². The second-order valence-electron chi connectivity index (χ2n) is 6.12. The van der Waals surface area contributed by atoms with Crippen molar-refractivity contribution in [2.45, 2.75) is 6.92 Å². The van der Waals surface area contributed by atoms with Crippen LogP contribution in [0.5, 0.6) is 11.5 Å². The van der Waals surface area contributed by atoms with E-state index in [1.165, 1.54) is 7.11 Å². The summed E-state index contributed by atoms with van der Waals surface area (Å²) in [6, 6.07) is 8.36. The number of aryl methyl sites for hydroxylation is 1. The number of benzene rings is 2. The summed E-state index contributed by atoms with van der Waals surface area (Å²) in [5.74, 6) is 0.433. The average molecular weight is 432 g/mol. The number of methoxy groups -OCH3 is 1. The van der Waals surface area contributed by atoms with Crippen LogP contribution in [-0.2, 0) is 4.79 Å². The van der Waals surface area contributed by atoms with Crippen molar-refractivity contribution < 1.29 is 18.7 Å². The van der Waals surface area contributed by atoms with Crippen LogP contribution < -0.4 is 25.4 Å². The molecule has 0 spiro atoms. The Labute approximate surface area is 177 Å². The Morgan fingerprint density at radius 3 is 2.63 bits per heavy atom. The number of nitrogens with one attached hydrogen (secondary N) is 3. The van der Waals surface area contributed by atoms with Crippen molar-refractivity contribution in [2.75, 3.05) is 30.1 Å². The maximum Gasteiger partial charge on any atom is 0.298 e. The van der Waals surface area contributed by atoms with Crippen molar-refractivity contribution in [3.8, 4) is 11.5 Å². The van der Waals surface area contributed by atoms with Gasteiger partial charge >= 0.3 is 0 Å². The van der Waals surface area contributed by atoms with Crippen LogP contribution in [0.4, 0.5) is 33.2 Å². The lowest BCUT2D eigenvalue weighted by atomic mass is 10.2. The van der Waals surface area contributed by atoms with Crippen molar-refractivity contribution in [3.63, 3.8) is 0 Å². The number of aromatic nitrogens is 2. The van der Waals surface area contributed by atoms with Crippen LogP contribution >= 0.6 is 11.6 Å². The molecule has 0 aliphatic rings. The number of hydrogen-bond acceptors (Lipinski definition) is 8. The van der Waals surface area contributed by atoms with Crippen molar-refractivity contribution >= 4 is 46.9 Å². The number of hydrogen-bond donors (Lipinski definition) is 3. The van der Waals surface area contributed by atoms with E-state index >= 15 is 0 Å². The molecule has 3 rings (SSSR count). The third-order valence-corrected chi connectivity index (χ3v) is 4.40. The summed E-state index contributed by atoms with van der Waals surface area (Å²) in [4.78, 5) is 18.7. The maximum absolute atomic E-state index is 14.3. The molecule has 0 aliphatic heterocycles. The van der Waals surface area contributed by atoms with Gasteiger partial charge in [-0.15, -0.1) is 0 Å². The Morgan fingerprint density at radius 2 is 1.97 bits per heavy atom. The van der Waals surface area contributed by atoms with Gasteiger partial charge in [0, 0.05) is 18.4 Å². The molecule has 1 aromatic heterocycles. The molecule has 3 aromatic rings. The van der Waals surface area contributed by atoms with Gasteiger partial charge in [0.25, 0.3) is 6.47 Å². The zero-order valence-corrected chi connectivity index (χ0v) is 17.2. The first-order chi connectivity index (χ1) is 14.4. The molecule has 0 fully saturated rings. The molecule has 30 heavy (non-hydrogen) atoms. The van der Waals surface area contributed by atoms with Gasteiger partial charge in [0.15, 0.2) is 17.4 Å². The monoisotopic (exact) mass is 431 g/mol. The first-order valence-corrected chi connectivity index (χ1v) is 9.15. The van der Waals surface area contributed by atoms with Crippen LogP contribution in [0.1, 0.15) is 5.56 Å². The van der Waals surface area contributed by atoms with E-state index in [1.54, 1.807) is 37.4 Å². The molecule has 0 radical (unpaired) electrons. The zero-order chi connectivity index (χ0) is 21.7. The van der Waals surface area contributed by atoms with Crippen LogP contribution in [0.3, 0.4) is 0 Å². The van der Waals surface area contributed by atoms with Gasteiger partial charge in [-0.3, -0.25) is 4.79 Å². The van der Waals surface area contributed by atoms with E-state index in [0.29, 0.717) is 40.1 Å². The zero-order valence-electron chi connectivity index (χ0n) is 16.4. The Balaban J connectivity index is 1.85. The minimum atomic E-state index is -0.629. The molecule has 1 heterocycles. The molecule has 0 saturated carbocycles. The Hall–Kier alpha value is -3.59. The smallest absolute Gasteiger partial charge is 0.298 e. The van der Waals surface area contributed by atoms with E-state index in [0.717, 1.165) is 11.8 Å². The maximum atomic E-state index is 14.3. The Bertz CT molecular complexity index is 1060. The summed E-state index contributed by atoms with van der Waals surface area (Å²) < 4.78 is 24.4. The second kappa shape index (κ2) is 9.27. The topological polar surface area (TPSA) is 97.4 Å². The molecule has 0 atom stereocenters. The van der Waals surface area contributed by atoms with E-state index < -0.39 is 5.82 Å². The van der Waals surface area contributed by atoms with Gasteiger partial charge in [-0.1, -0.05) is 11.6 Å². The fourth-order valence-corrected chi connectivity index (χ4v) is 3.14. The highest BCUT2D eigenvalue weighted by molar-refractivity contribution is 6.32. The van der Waals surface area contributed by atoms with E-state index in [4.69, 9.17) is 21.1 Å². The highest BCUT2D eigenvalue weighted by Gasteiger charge is 2.12. The number of carbonyl (C=O) groups excluding carboxylic acids is 1. The van der Waals surface area contributed by atoms with Crippen molar-refractivity contribution in [1.82, 2.24) is 9.97 Å². The van der Waals surface area contributed by atoms with Crippen LogP contribution in [0, 0.1) is 12.7 Å². The van der Waals surface area contributed by atoms with Crippen LogP contribution in [0.2, 0.25) is 5.02 Å². The van der Waals surface area contributed by atoms with Gasteiger partial charge in [-0.25, -0.2) is 9.37 Å². The van der Waals surface area contributed by atoms with Crippen LogP contribution in [0.15, 0.2) is 36.5 Å². The number of anilines is 5. The lowest BCUT2D eigenvalue weighted by Gasteiger charge is -2.13. The minimum absolute atomic E-state index is 0.0251. The fraction of sp³-hybridized carbons (Fsp3) is 0.150. The third-order valence-electron chi connectivity index (χ3n) is 4.12. The third kappa shape index (κ3) is 4.69. The molecule has 2 aromatic carbocycles. The molecule has 8 nitrogen and oxygen atoms in total. The summed E-state index contributed by atoms with van der Waals surface area (Å²) in [6.45, 7) is 2.17. The summed E-state index contributed by atoms with van der Waals surface area (Å²) >= 11 is 6.20.